The summed E-state index contributed by atoms with van der Waals surface area (Å²) in [6.07, 6.45) is 0. The highest BCUT2D eigenvalue weighted by molar-refractivity contribution is 6.30. The van der Waals surface area contributed by atoms with Crippen LogP contribution in [0.4, 0.5) is 0 Å². The molecule has 1 heterocycles. The van der Waals surface area contributed by atoms with Crippen molar-refractivity contribution in [3.05, 3.63) is 46.6 Å². The fourth-order valence-electron chi connectivity index (χ4n) is 1.12. The second-order valence-electron chi connectivity index (χ2n) is 3.18. The molecule has 82 valence electrons. The van der Waals surface area contributed by atoms with Crippen molar-refractivity contribution in [3.8, 4) is 5.95 Å². The average Bonchev–Trinajstić information content (AvgIpc) is 2.65. The van der Waals surface area contributed by atoms with Gasteiger partial charge in [-0.15, -0.1) is 0 Å². The second-order valence-corrected chi connectivity index (χ2v) is 3.62. The number of aromatic nitrogens is 1. The van der Waals surface area contributed by atoms with Gasteiger partial charge in [-0.25, -0.2) is 4.79 Å². The van der Waals surface area contributed by atoms with Crippen LogP contribution in [0, 0.1) is 6.92 Å². The van der Waals surface area contributed by atoms with Crippen LogP contribution in [0.5, 0.6) is 5.95 Å². The van der Waals surface area contributed by atoms with E-state index in [9.17, 15) is 4.79 Å². The number of hydrogen-bond donors (Lipinski definition) is 0. The summed E-state index contributed by atoms with van der Waals surface area (Å²) >= 11 is 5.70. The van der Waals surface area contributed by atoms with E-state index in [0.717, 1.165) is 0 Å². The second kappa shape index (κ2) is 4.37. The highest BCUT2D eigenvalue weighted by Crippen LogP contribution is 2.15. The molecule has 0 saturated heterocycles. The van der Waals surface area contributed by atoms with Crippen LogP contribution in [-0.2, 0) is 0 Å². The third-order valence-electron chi connectivity index (χ3n) is 1.88. The number of aryl methyl sites for hydroxylation is 1. The standard InChI is InChI=1S/C11H8ClNO3/c1-7-6-10(16-13-7)15-11(14)8-2-4-9(12)5-3-8/h2-6H,1H3. The average molecular weight is 238 g/mol. The number of carbonyl (C=O) groups excluding carboxylic acids is 1. The molecule has 1 aromatic heterocycles. The summed E-state index contributed by atoms with van der Waals surface area (Å²) in [6, 6.07) is 7.92. The lowest BCUT2D eigenvalue weighted by atomic mass is 10.2. The minimum Gasteiger partial charge on any atom is -0.387 e. The molecule has 5 heteroatoms. The Bertz CT molecular complexity index is 504. The monoisotopic (exact) mass is 237 g/mol. The third kappa shape index (κ3) is 2.41. The van der Waals surface area contributed by atoms with E-state index >= 15 is 0 Å². The summed E-state index contributed by atoms with van der Waals surface area (Å²) in [5, 5.41) is 4.17. The maximum Gasteiger partial charge on any atom is 0.345 e. The molecule has 1 aromatic carbocycles. The van der Waals surface area contributed by atoms with E-state index < -0.39 is 5.97 Å². The lowest BCUT2D eigenvalue weighted by Gasteiger charge is -1.99. The summed E-state index contributed by atoms with van der Waals surface area (Å²) in [7, 11) is 0. The van der Waals surface area contributed by atoms with Crippen LogP contribution in [0.1, 0.15) is 16.1 Å². The molecule has 0 fully saturated rings. The normalized spacial score (nSPS) is 10.1. The number of carbonyl (C=O) groups is 1. The van der Waals surface area contributed by atoms with Gasteiger partial charge in [0.1, 0.15) is 0 Å². The molecule has 0 bridgehead atoms. The quantitative estimate of drug-likeness (QED) is 0.754. The van der Waals surface area contributed by atoms with E-state index in [2.05, 4.69) is 5.16 Å². The van der Waals surface area contributed by atoms with E-state index in [1.165, 1.54) is 6.07 Å². The van der Waals surface area contributed by atoms with Crippen LogP contribution < -0.4 is 4.74 Å². The molecule has 0 atom stereocenters. The lowest BCUT2D eigenvalue weighted by Crippen LogP contribution is -2.07. The molecule has 0 N–H and O–H groups in total. The van der Waals surface area contributed by atoms with Crippen LogP contribution in [0.2, 0.25) is 5.02 Å². The van der Waals surface area contributed by atoms with E-state index in [0.29, 0.717) is 16.3 Å². The van der Waals surface area contributed by atoms with Gasteiger partial charge in [-0.1, -0.05) is 16.8 Å². The van der Waals surface area contributed by atoms with Crippen LogP contribution in [0.3, 0.4) is 0 Å². The number of nitrogens with zero attached hydrogens (tertiary/aromatic N) is 1. The summed E-state index contributed by atoms with van der Waals surface area (Å²) < 4.78 is 9.71. The maximum atomic E-state index is 11.6. The van der Waals surface area contributed by atoms with Crippen molar-refractivity contribution < 1.29 is 14.1 Å². The minimum atomic E-state index is -0.507. The van der Waals surface area contributed by atoms with E-state index in [-0.39, 0.29) is 5.95 Å². The van der Waals surface area contributed by atoms with Gasteiger partial charge in [0, 0.05) is 11.1 Å². The van der Waals surface area contributed by atoms with Gasteiger partial charge < -0.3 is 9.26 Å². The smallest absolute Gasteiger partial charge is 0.345 e. The third-order valence-corrected chi connectivity index (χ3v) is 2.13. The molecule has 0 unspecified atom stereocenters. The minimum absolute atomic E-state index is 0.0810. The Morgan fingerprint density at radius 3 is 2.62 bits per heavy atom. The van der Waals surface area contributed by atoms with Crippen molar-refractivity contribution >= 4 is 17.6 Å². The van der Waals surface area contributed by atoms with E-state index in [1.54, 1.807) is 31.2 Å². The zero-order chi connectivity index (χ0) is 11.5. The van der Waals surface area contributed by atoms with Crippen molar-refractivity contribution in [2.75, 3.05) is 0 Å². The fourth-order valence-corrected chi connectivity index (χ4v) is 1.25. The zero-order valence-corrected chi connectivity index (χ0v) is 9.19. The van der Waals surface area contributed by atoms with Gasteiger partial charge in [0.25, 0.3) is 0 Å². The van der Waals surface area contributed by atoms with Gasteiger partial charge in [0.05, 0.1) is 11.3 Å². The predicted octanol–water partition coefficient (Wildman–Crippen LogP) is 2.86. The first-order valence-corrected chi connectivity index (χ1v) is 4.94. The number of halogens is 1. The summed E-state index contributed by atoms with van der Waals surface area (Å²) in [4.78, 5) is 11.6. The largest absolute Gasteiger partial charge is 0.387 e. The Hall–Kier alpha value is -1.81. The van der Waals surface area contributed by atoms with Crippen LogP contribution in [-0.4, -0.2) is 11.1 Å². The molecule has 0 aliphatic heterocycles. The van der Waals surface area contributed by atoms with Gasteiger partial charge in [0.15, 0.2) is 0 Å². The maximum absolute atomic E-state index is 11.6. The van der Waals surface area contributed by atoms with Gasteiger partial charge in [-0.05, 0) is 31.2 Å². The first-order chi connectivity index (χ1) is 7.65. The van der Waals surface area contributed by atoms with Gasteiger partial charge >= 0.3 is 11.9 Å². The van der Waals surface area contributed by atoms with Crippen molar-refractivity contribution in [1.29, 1.82) is 0 Å². The number of benzene rings is 1. The van der Waals surface area contributed by atoms with Crippen molar-refractivity contribution in [2.24, 2.45) is 0 Å². The molecule has 0 spiro atoms. The summed E-state index contributed by atoms with van der Waals surface area (Å²) in [5.74, 6) is -0.426. The van der Waals surface area contributed by atoms with Gasteiger partial charge in [-0.2, -0.15) is 0 Å². The van der Waals surface area contributed by atoms with Gasteiger partial charge in [0.2, 0.25) is 0 Å². The van der Waals surface area contributed by atoms with Gasteiger partial charge in [-0.3, -0.25) is 0 Å². The molecule has 0 amide bonds. The van der Waals surface area contributed by atoms with Crippen molar-refractivity contribution in [1.82, 2.24) is 5.16 Å². The molecule has 2 rings (SSSR count). The molecule has 0 aliphatic carbocycles. The number of rotatable bonds is 2. The Morgan fingerprint density at radius 1 is 1.38 bits per heavy atom. The predicted molar refractivity (Wildman–Crippen MR) is 57.7 cm³/mol. The number of ether oxygens (including phenoxy) is 1. The fraction of sp³-hybridized carbons (Fsp3) is 0.0909. The lowest BCUT2D eigenvalue weighted by molar-refractivity contribution is 0.0680. The van der Waals surface area contributed by atoms with Crippen LogP contribution >= 0.6 is 11.6 Å². The van der Waals surface area contributed by atoms with Crippen molar-refractivity contribution in [2.45, 2.75) is 6.92 Å². The molecule has 0 aliphatic rings. The summed E-state index contributed by atoms with van der Waals surface area (Å²) in [5.41, 5.74) is 1.05. The molecular formula is C11H8ClNO3. The molecule has 16 heavy (non-hydrogen) atoms. The molecule has 4 nitrogen and oxygen atoms in total. The first kappa shape index (κ1) is 10.7. The highest BCUT2D eigenvalue weighted by Gasteiger charge is 2.11. The summed E-state index contributed by atoms with van der Waals surface area (Å²) in [6.45, 7) is 1.74. The molecular weight excluding hydrogens is 230 g/mol. The van der Waals surface area contributed by atoms with E-state index in [4.69, 9.17) is 20.9 Å². The topological polar surface area (TPSA) is 52.3 Å². The Kier molecular flexibility index (Phi) is 2.92. The highest BCUT2D eigenvalue weighted by atomic mass is 35.5. The Labute approximate surface area is 96.8 Å². The number of esters is 1. The number of hydrogen-bond acceptors (Lipinski definition) is 4. The van der Waals surface area contributed by atoms with Crippen molar-refractivity contribution in [3.63, 3.8) is 0 Å². The SMILES string of the molecule is Cc1cc(OC(=O)c2ccc(Cl)cc2)on1. The zero-order valence-electron chi connectivity index (χ0n) is 8.44. The van der Waals surface area contributed by atoms with Crippen LogP contribution in [0.15, 0.2) is 34.9 Å². The Balaban J connectivity index is 2.11. The molecule has 2 aromatic rings. The molecule has 0 saturated carbocycles. The first-order valence-electron chi connectivity index (χ1n) is 4.56. The van der Waals surface area contributed by atoms with E-state index in [1.807, 2.05) is 0 Å². The van der Waals surface area contributed by atoms with Crippen LogP contribution in [0.25, 0.3) is 0 Å². The molecule has 0 radical (unpaired) electrons. The Morgan fingerprint density at radius 2 is 2.06 bits per heavy atom.